The van der Waals surface area contributed by atoms with Crippen LogP contribution in [0.25, 0.3) is 0 Å². The van der Waals surface area contributed by atoms with E-state index in [1.165, 1.54) is 12.8 Å². The van der Waals surface area contributed by atoms with Crippen LogP contribution in [0, 0.1) is 17.3 Å². The molecule has 0 saturated carbocycles. The van der Waals surface area contributed by atoms with E-state index in [-0.39, 0.29) is 11.3 Å². The summed E-state index contributed by atoms with van der Waals surface area (Å²) in [6, 6.07) is 0. The molecule has 1 aliphatic rings. The number of rotatable bonds is 9. The van der Waals surface area contributed by atoms with E-state index in [1.54, 1.807) is 0 Å². The quantitative estimate of drug-likeness (QED) is 0.604. The summed E-state index contributed by atoms with van der Waals surface area (Å²) in [5, 5.41) is 3.07. The molecule has 0 aromatic heterocycles. The molecule has 0 fully saturated rings. The Hall–Kier alpha value is -1.31. The van der Waals surface area contributed by atoms with Gasteiger partial charge in [-0.25, -0.2) is 0 Å². The fourth-order valence-corrected chi connectivity index (χ4v) is 3.11. The average molecular weight is 318 g/mol. The van der Waals surface area contributed by atoms with E-state index in [4.69, 9.17) is 0 Å². The van der Waals surface area contributed by atoms with Gasteiger partial charge < -0.3 is 5.32 Å². The fourth-order valence-electron chi connectivity index (χ4n) is 3.11. The van der Waals surface area contributed by atoms with Gasteiger partial charge in [0.1, 0.15) is 0 Å². The molecule has 3 unspecified atom stereocenters. The second-order valence-corrected chi connectivity index (χ2v) is 7.32. The summed E-state index contributed by atoms with van der Waals surface area (Å²) in [6.45, 7) is 11.9. The first kappa shape index (κ1) is 19.7. The number of nitrogens with one attached hydrogen (secondary N) is 1. The first-order valence-corrected chi connectivity index (χ1v) is 9.23. The molecule has 130 valence electrons. The predicted molar refractivity (Wildman–Crippen MR) is 100 cm³/mol. The molecule has 0 aromatic rings. The number of hydrogen-bond acceptors (Lipinski definition) is 1. The maximum Gasteiger partial charge on any atom is 0.220 e. The van der Waals surface area contributed by atoms with E-state index in [0.717, 1.165) is 18.4 Å². The van der Waals surface area contributed by atoms with Crippen molar-refractivity contribution < 1.29 is 4.79 Å². The van der Waals surface area contributed by atoms with Crippen molar-refractivity contribution >= 4 is 5.91 Å². The lowest BCUT2D eigenvalue weighted by atomic mass is 9.71. The van der Waals surface area contributed by atoms with E-state index in [2.05, 4.69) is 70.3 Å². The zero-order valence-corrected chi connectivity index (χ0v) is 15.7. The van der Waals surface area contributed by atoms with Gasteiger partial charge in [-0.3, -0.25) is 4.79 Å². The molecule has 2 nitrogen and oxygen atoms in total. The number of carbonyl (C=O) groups is 1. The van der Waals surface area contributed by atoms with Crippen LogP contribution in [0.2, 0.25) is 0 Å². The molecule has 23 heavy (non-hydrogen) atoms. The van der Waals surface area contributed by atoms with Crippen LogP contribution in [-0.4, -0.2) is 12.5 Å². The molecule has 0 radical (unpaired) electrons. The molecular weight excluding hydrogens is 282 g/mol. The van der Waals surface area contributed by atoms with Gasteiger partial charge in [0.15, 0.2) is 0 Å². The molecular formula is C21H35NO. The highest BCUT2D eigenvalue weighted by Gasteiger charge is 2.29. The molecule has 1 N–H and O–H groups in total. The summed E-state index contributed by atoms with van der Waals surface area (Å²) in [4.78, 5) is 12.2. The molecule has 0 saturated heterocycles. The summed E-state index contributed by atoms with van der Waals surface area (Å²) >= 11 is 0. The molecule has 0 bridgehead atoms. The lowest BCUT2D eigenvalue weighted by molar-refractivity contribution is -0.121. The summed E-state index contributed by atoms with van der Waals surface area (Å²) in [6.07, 6.45) is 15.8. The van der Waals surface area contributed by atoms with Gasteiger partial charge >= 0.3 is 0 Å². The highest BCUT2D eigenvalue weighted by molar-refractivity contribution is 5.76. The third kappa shape index (κ3) is 6.76. The molecule has 0 heterocycles. The van der Waals surface area contributed by atoms with Crippen molar-refractivity contribution in [2.75, 3.05) is 6.54 Å². The Morgan fingerprint density at radius 2 is 2.09 bits per heavy atom. The Bertz CT molecular complexity index is 460. The Balaban J connectivity index is 2.43. The van der Waals surface area contributed by atoms with Crippen molar-refractivity contribution in [2.24, 2.45) is 17.3 Å². The monoisotopic (exact) mass is 317 g/mol. The Morgan fingerprint density at radius 1 is 1.35 bits per heavy atom. The van der Waals surface area contributed by atoms with Gasteiger partial charge in [0.25, 0.3) is 0 Å². The topological polar surface area (TPSA) is 29.1 Å². The van der Waals surface area contributed by atoms with Gasteiger partial charge in [0, 0.05) is 13.0 Å². The van der Waals surface area contributed by atoms with Crippen LogP contribution in [0.5, 0.6) is 0 Å². The van der Waals surface area contributed by atoms with Crippen molar-refractivity contribution in [1.29, 1.82) is 0 Å². The third-order valence-electron chi connectivity index (χ3n) is 5.47. The van der Waals surface area contributed by atoms with Crippen LogP contribution < -0.4 is 5.32 Å². The smallest absolute Gasteiger partial charge is 0.220 e. The normalized spacial score (nSPS) is 21.3. The summed E-state index contributed by atoms with van der Waals surface area (Å²) in [5.74, 6) is 1.30. The minimum absolute atomic E-state index is 0.170. The second-order valence-electron chi connectivity index (χ2n) is 7.32. The largest absolute Gasteiger partial charge is 0.352 e. The van der Waals surface area contributed by atoms with Gasteiger partial charge in [-0.15, -0.1) is 0 Å². The van der Waals surface area contributed by atoms with E-state index < -0.39 is 0 Å². The number of allylic oxidation sites excluding steroid dienone is 4. The minimum atomic E-state index is 0.170. The number of amides is 1. The van der Waals surface area contributed by atoms with Gasteiger partial charge in [-0.05, 0) is 29.2 Å². The Labute approximate surface area is 143 Å². The van der Waals surface area contributed by atoms with Crippen molar-refractivity contribution in [2.45, 2.75) is 66.7 Å². The summed E-state index contributed by atoms with van der Waals surface area (Å²) in [5.41, 5.74) is 1.43. The number of hydrogen-bond donors (Lipinski definition) is 1. The molecule has 0 spiro atoms. The van der Waals surface area contributed by atoms with Crippen LogP contribution >= 0.6 is 0 Å². The SMILES string of the molecule is CCCC(C)C(C)(CC)CCC(=O)NCC1=CC=CC(C)C=C1. The highest BCUT2D eigenvalue weighted by atomic mass is 16.1. The van der Waals surface area contributed by atoms with Crippen LogP contribution in [0.15, 0.2) is 36.0 Å². The molecule has 1 rings (SSSR count). The minimum Gasteiger partial charge on any atom is -0.352 e. The molecule has 3 atom stereocenters. The average Bonchev–Trinajstić information content (AvgIpc) is 2.75. The first-order chi connectivity index (χ1) is 10.9. The zero-order valence-electron chi connectivity index (χ0n) is 15.7. The molecule has 2 heteroatoms. The third-order valence-corrected chi connectivity index (χ3v) is 5.47. The molecule has 0 aliphatic heterocycles. The van der Waals surface area contributed by atoms with E-state index in [9.17, 15) is 4.79 Å². The van der Waals surface area contributed by atoms with Gasteiger partial charge in [-0.2, -0.15) is 0 Å². The van der Waals surface area contributed by atoms with Gasteiger partial charge in [0.2, 0.25) is 5.91 Å². The van der Waals surface area contributed by atoms with Crippen molar-refractivity contribution in [3.63, 3.8) is 0 Å². The predicted octanol–water partition coefficient (Wildman–Crippen LogP) is 5.42. The van der Waals surface area contributed by atoms with Crippen LogP contribution in [0.3, 0.4) is 0 Å². The molecule has 1 aliphatic carbocycles. The Morgan fingerprint density at radius 3 is 2.74 bits per heavy atom. The molecule has 0 aromatic carbocycles. The number of carbonyl (C=O) groups excluding carboxylic acids is 1. The van der Waals surface area contributed by atoms with E-state index in [1.807, 2.05) is 0 Å². The van der Waals surface area contributed by atoms with E-state index in [0.29, 0.717) is 24.8 Å². The zero-order chi connectivity index (χ0) is 17.3. The lowest BCUT2D eigenvalue weighted by Gasteiger charge is -2.35. The van der Waals surface area contributed by atoms with Crippen molar-refractivity contribution in [3.05, 3.63) is 36.0 Å². The van der Waals surface area contributed by atoms with Gasteiger partial charge in [-0.1, -0.05) is 84.3 Å². The maximum absolute atomic E-state index is 12.2. The van der Waals surface area contributed by atoms with Gasteiger partial charge in [0.05, 0.1) is 0 Å². The lowest BCUT2D eigenvalue weighted by Crippen LogP contribution is -2.30. The first-order valence-electron chi connectivity index (χ1n) is 9.23. The second kappa shape index (κ2) is 9.75. The molecule has 1 amide bonds. The van der Waals surface area contributed by atoms with Crippen LogP contribution in [0.4, 0.5) is 0 Å². The van der Waals surface area contributed by atoms with Crippen LogP contribution in [0.1, 0.15) is 66.7 Å². The fraction of sp³-hybridized carbons (Fsp3) is 0.667. The Kier molecular flexibility index (Phi) is 8.36. The summed E-state index contributed by atoms with van der Waals surface area (Å²) < 4.78 is 0. The van der Waals surface area contributed by atoms with Crippen LogP contribution in [-0.2, 0) is 4.79 Å². The van der Waals surface area contributed by atoms with Crippen molar-refractivity contribution in [3.8, 4) is 0 Å². The standard InChI is InChI=1S/C21H35NO/c1-6-9-18(4)21(5,7-2)15-14-20(23)22-16-19-11-8-10-17(3)12-13-19/h8,10-13,17-18H,6-7,9,14-16H2,1-5H3,(H,22,23). The van der Waals surface area contributed by atoms with Crippen molar-refractivity contribution in [1.82, 2.24) is 5.32 Å². The maximum atomic E-state index is 12.2. The summed E-state index contributed by atoms with van der Waals surface area (Å²) in [7, 11) is 0. The van der Waals surface area contributed by atoms with E-state index >= 15 is 0 Å². The highest BCUT2D eigenvalue weighted by Crippen LogP contribution is 2.38.